The van der Waals surface area contributed by atoms with Gasteiger partial charge in [-0.15, -0.1) is 0 Å². The van der Waals surface area contributed by atoms with Gasteiger partial charge in [-0.2, -0.15) is 0 Å². The van der Waals surface area contributed by atoms with Gasteiger partial charge in [0, 0.05) is 23.4 Å². The number of aromatic nitrogens is 1. The van der Waals surface area contributed by atoms with E-state index in [9.17, 15) is 9.59 Å². The first-order valence-corrected chi connectivity index (χ1v) is 5.98. The van der Waals surface area contributed by atoms with Gasteiger partial charge in [-0.25, -0.2) is 0 Å². The van der Waals surface area contributed by atoms with Crippen LogP contribution in [0.4, 0.5) is 0 Å². The van der Waals surface area contributed by atoms with E-state index in [2.05, 4.69) is 4.98 Å². The van der Waals surface area contributed by atoms with Crippen LogP contribution >= 0.6 is 0 Å². The first-order chi connectivity index (χ1) is 9.22. The summed E-state index contributed by atoms with van der Waals surface area (Å²) < 4.78 is 10.1. The number of nitrogens with one attached hydrogen (secondary N) is 1. The van der Waals surface area contributed by atoms with Crippen molar-refractivity contribution in [3.8, 4) is 0 Å². The molecule has 2 rings (SSSR count). The average Bonchev–Trinajstić information content (AvgIpc) is 2.75. The molecule has 100 valence electrons. The molecule has 1 heterocycles. The van der Waals surface area contributed by atoms with Crippen LogP contribution in [0.15, 0.2) is 24.3 Å². The van der Waals surface area contributed by atoms with Gasteiger partial charge in [0.15, 0.2) is 6.29 Å². The summed E-state index contributed by atoms with van der Waals surface area (Å²) in [5, 5.41) is 0.885. The van der Waals surface area contributed by atoms with Crippen molar-refractivity contribution in [3.63, 3.8) is 0 Å². The number of fused-ring (bicyclic) bond motifs is 1. The maximum absolute atomic E-state index is 11.1. The molecule has 5 heteroatoms. The molecule has 0 aliphatic rings. The first-order valence-electron chi connectivity index (χ1n) is 5.98. The zero-order valence-corrected chi connectivity index (χ0v) is 10.6. The molecule has 1 N–H and O–H groups in total. The minimum absolute atomic E-state index is 0.214. The molecule has 0 spiro atoms. The molecule has 0 atom stereocenters. The number of benzene rings is 1. The van der Waals surface area contributed by atoms with Gasteiger partial charge in [-0.3, -0.25) is 9.59 Å². The van der Waals surface area contributed by atoms with Crippen LogP contribution in [0.2, 0.25) is 0 Å². The molecular weight excluding hydrogens is 246 g/mol. The van der Waals surface area contributed by atoms with Gasteiger partial charge >= 0.3 is 5.97 Å². The number of ether oxygens (including phenoxy) is 2. The molecular formula is C14H15NO4. The second-order valence-corrected chi connectivity index (χ2v) is 4.07. The highest BCUT2D eigenvalue weighted by atomic mass is 16.6. The Bertz CT molecular complexity index is 588. The van der Waals surface area contributed by atoms with E-state index in [0.29, 0.717) is 12.2 Å². The lowest BCUT2D eigenvalue weighted by molar-refractivity contribution is -0.142. The molecule has 19 heavy (non-hydrogen) atoms. The van der Waals surface area contributed by atoms with Gasteiger partial charge in [0.1, 0.15) is 6.61 Å². The molecule has 0 fully saturated rings. The number of esters is 1. The number of para-hydroxylation sites is 1. The number of aldehydes is 1. The van der Waals surface area contributed by atoms with Crippen molar-refractivity contribution in [2.75, 3.05) is 13.2 Å². The lowest BCUT2D eigenvalue weighted by atomic mass is 10.1. The van der Waals surface area contributed by atoms with E-state index >= 15 is 0 Å². The number of aromatic amines is 1. The highest BCUT2D eigenvalue weighted by molar-refractivity contribution is 5.98. The van der Waals surface area contributed by atoms with Gasteiger partial charge in [0.25, 0.3) is 0 Å². The average molecular weight is 261 g/mol. The summed E-state index contributed by atoms with van der Waals surface area (Å²) in [6, 6.07) is 7.58. The summed E-state index contributed by atoms with van der Waals surface area (Å²) in [5.41, 5.74) is 2.25. The van der Waals surface area contributed by atoms with Gasteiger partial charge < -0.3 is 14.5 Å². The summed E-state index contributed by atoms with van der Waals surface area (Å²) >= 11 is 0. The monoisotopic (exact) mass is 261 g/mol. The number of rotatable bonds is 6. The van der Waals surface area contributed by atoms with E-state index in [4.69, 9.17) is 9.47 Å². The Morgan fingerprint density at radius 2 is 2.11 bits per heavy atom. The van der Waals surface area contributed by atoms with Gasteiger partial charge in [0.05, 0.1) is 18.9 Å². The summed E-state index contributed by atoms with van der Waals surface area (Å²) in [6.45, 7) is 2.14. The lowest BCUT2D eigenvalue weighted by Crippen LogP contribution is -2.08. The smallest absolute Gasteiger partial charge is 0.302 e. The van der Waals surface area contributed by atoms with Crippen molar-refractivity contribution in [3.05, 3.63) is 35.5 Å². The second kappa shape index (κ2) is 6.15. The van der Waals surface area contributed by atoms with Crippen molar-refractivity contribution in [1.82, 2.24) is 4.98 Å². The van der Waals surface area contributed by atoms with Gasteiger partial charge in [-0.05, 0) is 6.07 Å². The molecule has 0 amide bonds. The Kier molecular flexibility index (Phi) is 4.30. The van der Waals surface area contributed by atoms with Gasteiger partial charge in [0.2, 0.25) is 0 Å². The summed E-state index contributed by atoms with van der Waals surface area (Å²) in [6.07, 6.45) is 0.823. The van der Waals surface area contributed by atoms with E-state index in [1.54, 1.807) is 0 Å². The molecule has 0 unspecified atom stereocenters. The SMILES string of the molecule is CC(=O)OCCOCc1[nH]c2ccccc2c1C=O. The van der Waals surface area contributed by atoms with Crippen LogP contribution < -0.4 is 0 Å². The third-order valence-corrected chi connectivity index (χ3v) is 2.73. The van der Waals surface area contributed by atoms with E-state index in [-0.39, 0.29) is 19.2 Å². The summed E-state index contributed by atoms with van der Waals surface area (Å²) in [5.74, 6) is -0.331. The van der Waals surface area contributed by atoms with Crippen molar-refractivity contribution in [1.29, 1.82) is 0 Å². The lowest BCUT2D eigenvalue weighted by Gasteiger charge is -2.03. The molecule has 0 saturated carbocycles. The third-order valence-electron chi connectivity index (χ3n) is 2.73. The van der Waals surface area contributed by atoms with E-state index in [1.165, 1.54) is 6.92 Å². The third kappa shape index (κ3) is 3.20. The zero-order valence-electron chi connectivity index (χ0n) is 10.6. The molecule has 0 aliphatic heterocycles. The minimum atomic E-state index is -0.331. The highest BCUT2D eigenvalue weighted by Gasteiger charge is 2.10. The molecule has 2 aromatic rings. The van der Waals surface area contributed by atoms with Crippen LogP contribution in [0.1, 0.15) is 23.0 Å². The Hall–Kier alpha value is -2.14. The van der Waals surface area contributed by atoms with Crippen LogP contribution in [0.3, 0.4) is 0 Å². The van der Waals surface area contributed by atoms with Crippen LogP contribution in [-0.4, -0.2) is 30.5 Å². The predicted octanol–water partition coefficient (Wildman–Crippen LogP) is 2.06. The Labute approximate surface area is 110 Å². The van der Waals surface area contributed by atoms with Crippen LogP contribution in [0.5, 0.6) is 0 Å². The fraction of sp³-hybridized carbons (Fsp3) is 0.286. The quantitative estimate of drug-likeness (QED) is 0.491. The van der Waals surface area contributed by atoms with Crippen molar-refractivity contribution < 1.29 is 19.1 Å². The van der Waals surface area contributed by atoms with Crippen LogP contribution in [0.25, 0.3) is 10.9 Å². The minimum Gasteiger partial charge on any atom is -0.463 e. The number of hydrogen-bond donors (Lipinski definition) is 1. The highest BCUT2D eigenvalue weighted by Crippen LogP contribution is 2.21. The van der Waals surface area contributed by atoms with Crippen molar-refractivity contribution >= 4 is 23.2 Å². The molecule has 1 aromatic carbocycles. The fourth-order valence-corrected chi connectivity index (χ4v) is 1.89. The molecule has 0 radical (unpaired) electrons. The topological polar surface area (TPSA) is 68.4 Å². The number of H-pyrrole nitrogens is 1. The van der Waals surface area contributed by atoms with Gasteiger partial charge in [-0.1, -0.05) is 18.2 Å². The van der Waals surface area contributed by atoms with Crippen LogP contribution in [0, 0.1) is 0 Å². The first kappa shape index (κ1) is 13.3. The van der Waals surface area contributed by atoms with Crippen LogP contribution in [-0.2, 0) is 20.9 Å². The molecule has 0 aliphatic carbocycles. The van der Waals surface area contributed by atoms with E-state index in [0.717, 1.165) is 22.9 Å². The van der Waals surface area contributed by atoms with E-state index in [1.807, 2.05) is 24.3 Å². The molecule has 0 bridgehead atoms. The van der Waals surface area contributed by atoms with Crippen molar-refractivity contribution in [2.45, 2.75) is 13.5 Å². The largest absolute Gasteiger partial charge is 0.463 e. The number of hydrogen-bond acceptors (Lipinski definition) is 4. The summed E-state index contributed by atoms with van der Waals surface area (Å²) in [4.78, 5) is 24.9. The van der Waals surface area contributed by atoms with Crippen molar-refractivity contribution in [2.24, 2.45) is 0 Å². The Morgan fingerprint density at radius 1 is 1.32 bits per heavy atom. The molecule has 0 saturated heterocycles. The normalized spacial score (nSPS) is 10.6. The standard InChI is InChI=1S/C14H15NO4/c1-10(17)19-7-6-18-9-14-12(8-16)11-4-2-3-5-13(11)15-14/h2-5,8,15H,6-7,9H2,1H3. The molecule has 5 nitrogen and oxygen atoms in total. The fourth-order valence-electron chi connectivity index (χ4n) is 1.89. The second-order valence-electron chi connectivity index (χ2n) is 4.07. The zero-order chi connectivity index (χ0) is 13.7. The summed E-state index contributed by atoms with van der Waals surface area (Å²) in [7, 11) is 0. The Morgan fingerprint density at radius 3 is 2.84 bits per heavy atom. The predicted molar refractivity (Wildman–Crippen MR) is 70.0 cm³/mol. The Balaban J connectivity index is 2.00. The van der Waals surface area contributed by atoms with E-state index < -0.39 is 0 Å². The maximum Gasteiger partial charge on any atom is 0.302 e. The number of carbonyl (C=O) groups excluding carboxylic acids is 2. The number of carbonyl (C=O) groups is 2. The maximum atomic E-state index is 11.1. The molecule has 1 aromatic heterocycles.